The Morgan fingerprint density at radius 1 is 1.26 bits per heavy atom. The first-order valence-electron chi connectivity index (χ1n) is 7.36. The molecular formula is C18H17N5. The Morgan fingerprint density at radius 3 is 2.83 bits per heavy atom. The highest BCUT2D eigenvalue weighted by atomic mass is 14.9. The first-order valence-corrected chi connectivity index (χ1v) is 7.36. The zero-order valence-corrected chi connectivity index (χ0v) is 13.3. The molecule has 23 heavy (non-hydrogen) atoms. The van der Waals surface area contributed by atoms with Crippen molar-refractivity contribution in [3.63, 3.8) is 0 Å². The summed E-state index contributed by atoms with van der Waals surface area (Å²) in [5, 5.41) is 9.43. The van der Waals surface area contributed by atoms with Gasteiger partial charge in [0.25, 0.3) is 0 Å². The van der Waals surface area contributed by atoms with Crippen LogP contribution >= 0.6 is 0 Å². The van der Waals surface area contributed by atoms with Crippen LogP contribution in [0.25, 0.3) is 28.0 Å². The van der Waals surface area contributed by atoms with Gasteiger partial charge < -0.3 is 4.98 Å². The predicted molar refractivity (Wildman–Crippen MR) is 90.2 cm³/mol. The molecule has 0 aromatic carbocycles. The van der Waals surface area contributed by atoms with Gasteiger partial charge in [0.2, 0.25) is 0 Å². The molecule has 0 amide bonds. The third-order valence-corrected chi connectivity index (χ3v) is 3.29. The van der Waals surface area contributed by atoms with Crippen LogP contribution in [-0.4, -0.2) is 19.9 Å². The van der Waals surface area contributed by atoms with Crippen molar-refractivity contribution in [2.24, 2.45) is 5.41 Å². The van der Waals surface area contributed by atoms with Crippen LogP contribution in [-0.2, 0) is 0 Å². The van der Waals surface area contributed by atoms with Crippen LogP contribution in [0, 0.1) is 16.7 Å². The van der Waals surface area contributed by atoms with Gasteiger partial charge in [0, 0.05) is 18.0 Å². The highest BCUT2D eigenvalue weighted by Gasteiger charge is 2.12. The minimum atomic E-state index is -0.0907. The molecule has 0 saturated carbocycles. The van der Waals surface area contributed by atoms with Crippen LogP contribution in [0.1, 0.15) is 26.5 Å². The molecule has 114 valence electrons. The topological polar surface area (TPSA) is 78.2 Å². The number of aromatic nitrogens is 4. The molecule has 0 bridgehead atoms. The highest BCUT2D eigenvalue weighted by Crippen LogP contribution is 2.25. The van der Waals surface area contributed by atoms with Gasteiger partial charge in [0.1, 0.15) is 11.6 Å². The van der Waals surface area contributed by atoms with E-state index in [-0.39, 0.29) is 5.41 Å². The molecule has 1 N–H and O–H groups in total. The Hall–Kier alpha value is -3.00. The van der Waals surface area contributed by atoms with Gasteiger partial charge >= 0.3 is 0 Å². The number of fused-ring (bicyclic) bond motifs is 1. The molecule has 0 spiro atoms. The molecule has 0 radical (unpaired) electrons. The number of hydrogen-bond donors (Lipinski definition) is 1. The van der Waals surface area contributed by atoms with Crippen molar-refractivity contribution >= 4 is 16.7 Å². The molecule has 0 aliphatic heterocycles. The van der Waals surface area contributed by atoms with E-state index in [9.17, 15) is 5.26 Å². The number of nitriles is 1. The van der Waals surface area contributed by atoms with Crippen molar-refractivity contribution in [1.29, 1.82) is 5.26 Å². The molecular weight excluding hydrogens is 286 g/mol. The standard InChI is InChI=1S/C18H17N5/c1-18(2,3)9-13(10-19)15-8-12(4-6-20-15)16-11-22-17-14(23-16)5-7-21-17/h4-9,11H,1-3H3,(H,21,22)/b13-9-. The quantitative estimate of drug-likeness (QED) is 0.726. The molecule has 3 aromatic heterocycles. The zero-order valence-electron chi connectivity index (χ0n) is 13.3. The fourth-order valence-corrected chi connectivity index (χ4v) is 2.30. The Labute approximate surface area is 134 Å². The number of nitrogens with one attached hydrogen (secondary N) is 1. The lowest BCUT2D eigenvalue weighted by Crippen LogP contribution is -2.01. The number of aromatic amines is 1. The minimum absolute atomic E-state index is 0.0907. The second kappa shape index (κ2) is 5.65. The summed E-state index contributed by atoms with van der Waals surface area (Å²) < 4.78 is 0. The number of nitrogens with zero attached hydrogens (tertiary/aromatic N) is 4. The SMILES string of the molecule is CC(C)(C)/C=C(/C#N)c1cc(-c2cnc3[nH]ccc3n2)ccn1. The van der Waals surface area contributed by atoms with E-state index in [0.717, 1.165) is 22.4 Å². The molecule has 0 atom stereocenters. The van der Waals surface area contributed by atoms with Crippen molar-refractivity contribution in [3.8, 4) is 17.3 Å². The summed E-state index contributed by atoms with van der Waals surface area (Å²) >= 11 is 0. The van der Waals surface area contributed by atoms with E-state index < -0.39 is 0 Å². The van der Waals surface area contributed by atoms with E-state index >= 15 is 0 Å². The summed E-state index contributed by atoms with van der Waals surface area (Å²) in [4.78, 5) is 16.3. The first-order chi connectivity index (χ1) is 11.0. The molecule has 5 heteroatoms. The van der Waals surface area contributed by atoms with Gasteiger partial charge in [-0.3, -0.25) is 4.98 Å². The highest BCUT2D eigenvalue weighted by molar-refractivity contribution is 5.78. The largest absolute Gasteiger partial charge is 0.345 e. The van der Waals surface area contributed by atoms with Crippen LogP contribution in [0.3, 0.4) is 0 Å². The number of pyridine rings is 1. The summed E-state index contributed by atoms with van der Waals surface area (Å²) in [7, 11) is 0. The zero-order chi connectivity index (χ0) is 16.4. The molecule has 0 unspecified atom stereocenters. The lowest BCUT2D eigenvalue weighted by Gasteiger charge is -2.13. The van der Waals surface area contributed by atoms with E-state index in [4.69, 9.17) is 0 Å². The maximum Gasteiger partial charge on any atom is 0.156 e. The molecule has 0 saturated heterocycles. The average molecular weight is 303 g/mol. The van der Waals surface area contributed by atoms with Gasteiger partial charge in [-0.25, -0.2) is 9.97 Å². The van der Waals surface area contributed by atoms with Crippen molar-refractivity contribution < 1.29 is 0 Å². The van der Waals surface area contributed by atoms with Crippen molar-refractivity contribution in [2.45, 2.75) is 20.8 Å². The second-order valence-electron chi connectivity index (χ2n) is 6.43. The Kier molecular flexibility index (Phi) is 3.67. The Balaban J connectivity index is 2.05. The molecule has 0 aliphatic rings. The molecule has 3 heterocycles. The van der Waals surface area contributed by atoms with Gasteiger partial charge in [0.15, 0.2) is 5.65 Å². The third-order valence-electron chi connectivity index (χ3n) is 3.29. The summed E-state index contributed by atoms with van der Waals surface area (Å²) in [6, 6.07) is 7.87. The lowest BCUT2D eigenvalue weighted by atomic mass is 9.92. The summed E-state index contributed by atoms with van der Waals surface area (Å²) in [6.07, 6.45) is 7.16. The Bertz CT molecular complexity index is 922. The lowest BCUT2D eigenvalue weighted by molar-refractivity contribution is 0.546. The number of allylic oxidation sites excluding steroid dienone is 2. The average Bonchev–Trinajstić information content (AvgIpc) is 2.99. The van der Waals surface area contributed by atoms with Gasteiger partial charge in [-0.2, -0.15) is 5.26 Å². The van der Waals surface area contributed by atoms with Crippen molar-refractivity contribution in [1.82, 2.24) is 19.9 Å². The number of H-pyrrole nitrogens is 1. The fraction of sp³-hybridized carbons (Fsp3) is 0.222. The predicted octanol–water partition coefficient (Wildman–Crippen LogP) is 3.97. The summed E-state index contributed by atoms with van der Waals surface area (Å²) in [6.45, 7) is 6.17. The summed E-state index contributed by atoms with van der Waals surface area (Å²) in [5.41, 5.74) is 4.34. The number of rotatable bonds is 2. The normalized spacial score (nSPS) is 12.3. The van der Waals surface area contributed by atoms with Crippen LogP contribution in [0.2, 0.25) is 0 Å². The van der Waals surface area contributed by atoms with Gasteiger partial charge in [-0.05, 0) is 23.6 Å². The molecule has 3 aromatic rings. The molecule has 3 rings (SSSR count). The van der Waals surface area contributed by atoms with Crippen molar-refractivity contribution in [2.75, 3.05) is 0 Å². The van der Waals surface area contributed by atoms with Crippen LogP contribution in [0.4, 0.5) is 0 Å². The van der Waals surface area contributed by atoms with E-state index in [2.05, 4.69) is 46.8 Å². The van der Waals surface area contributed by atoms with E-state index in [1.807, 2.05) is 30.5 Å². The number of hydrogen-bond acceptors (Lipinski definition) is 4. The molecule has 0 aliphatic carbocycles. The van der Waals surface area contributed by atoms with Crippen LogP contribution in [0.5, 0.6) is 0 Å². The smallest absolute Gasteiger partial charge is 0.156 e. The van der Waals surface area contributed by atoms with Gasteiger partial charge in [-0.1, -0.05) is 26.8 Å². The summed E-state index contributed by atoms with van der Waals surface area (Å²) in [5.74, 6) is 0. The monoisotopic (exact) mass is 303 g/mol. The fourth-order valence-electron chi connectivity index (χ4n) is 2.30. The molecule has 5 nitrogen and oxygen atoms in total. The third kappa shape index (κ3) is 3.27. The second-order valence-corrected chi connectivity index (χ2v) is 6.43. The Morgan fingerprint density at radius 2 is 2.09 bits per heavy atom. The maximum absolute atomic E-state index is 9.43. The van der Waals surface area contributed by atoms with E-state index in [1.54, 1.807) is 12.4 Å². The van der Waals surface area contributed by atoms with E-state index in [1.165, 1.54) is 0 Å². The first kappa shape index (κ1) is 14.9. The van der Waals surface area contributed by atoms with Gasteiger partial charge in [-0.15, -0.1) is 0 Å². The van der Waals surface area contributed by atoms with Gasteiger partial charge in [0.05, 0.1) is 23.2 Å². The van der Waals surface area contributed by atoms with Crippen LogP contribution in [0.15, 0.2) is 42.9 Å². The maximum atomic E-state index is 9.43. The van der Waals surface area contributed by atoms with Crippen molar-refractivity contribution in [3.05, 3.63) is 48.6 Å². The minimum Gasteiger partial charge on any atom is -0.345 e. The molecule has 0 fully saturated rings. The van der Waals surface area contributed by atoms with Crippen LogP contribution < -0.4 is 0 Å². The van der Waals surface area contributed by atoms with E-state index in [0.29, 0.717) is 11.3 Å².